The molecule has 7 heteroatoms. The van der Waals surface area contributed by atoms with Crippen LogP contribution in [0.3, 0.4) is 0 Å². The van der Waals surface area contributed by atoms with Crippen molar-refractivity contribution >= 4 is 38.5 Å². The van der Waals surface area contributed by atoms with Gasteiger partial charge in [0.25, 0.3) is 0 Å². The monoisotopic (exact) mass is 253 g/mol. The minimum absolute atomic E-state index is 0.441. The first-order valence-electron chi connectivity index (χ1n) is 4.73. The average molecular weight is 253 g/mol. The molecule has 6 nitrogen and oxygen atoms in total. The zero-order valence-electron chi connectivity index (χ0n) is 9.31. The standard InChI is InChI=1S/C10H11N3O3S/c1-15-6-3-5(11)4-7-8(6)12-9(17-7)13-10(14)16-2/h3-4H,11H2,1-2H3,(H,12,13,14). The van der Waals surface area contributed by atoms with Gasteiger partial charge in [-0.1, -0.05) is 11.3 Å². The van der Waals surface area contributed by atoms with E-state index in [1.165, 1.54) is 18.4 Å². The van der Waals surface area contributed by atoms with Gasteiger partial charge in [-0.25, -0.2) is 9.78 Å². The molecule has 2 aromatic rings. The Balaban J connectivity index is 2.45. The minimum atomic E-state index is -0.559. The summed E-state index contributed by atoms with van der Waals surface area (Å²) in [7, 11) is 2.84. The van der Waals surface area contributed by atoms with Gasteiger partial charge in [0.1, 0.15) is 11.3 Å². The molecular weight excluding hydrogens is 242 g/mol. The molecule has 90 valence electrons. The zero-order valence-corrected chi connectivity index (χ0v) is 10.1. The van der Waals surface area contributed by atoms with E-state index in [1.807, 2.05) is 0 Å². The fraction of sp³-hybridized carbons (Fsp3) is 0.200. The number of nitrogen functional groups attached to an aromatic ring is 1. The Labute approximate surface area is 101 Å². The predicted molar refractivity (Wildman–Crippen MR) is 66.6 cm³/mol. The third-order valence-electron chi connectivity index (χ3n) is 2.10. The van der Waals surface area contributed by atoms with Gasteiger partial charge in [0, 0.05) is 11.8 Å². The molecule has 0 aliphatic rings. The average Bonchev–Trinajstić information content (AvgIpc) is 2.69. The number of nitrogens with zero attached hydrogens (tertiary/aromatic N) is 1. The van der Waals surface area contributed by atoms with Gasteiger partial charge in [-0.2, -0.15) is 0 Å². The number of fused-ring (bicyclic) bond motifs is 1. The van der Waals surface area contributed by atoms with Crippen LogP contribution in [0.25, 0.3) is 10.2 Å². The Morgan fingerprint density at radius 1 is 1.47 bits per heavy atom. The minimum Gasteiger partial charge on any atom is -0.494 e. The van der Waals surface area contributed by atoms with Crippen molar-refractivity contribution < 1.29 is 14.3 Å². The summed E-state index contributed by atoms with van der Waals surface area (Å²) in [5, 5.41) is 2.94. The van der Waals surface area contributed by atoms with Gasteiger partial charge in [-0.05, 0) is 6.07 Å². The number of anilines is 2. The molecule has 17 heavy (non-hydrogen) atoms. The molecule has 0 saturated carbocycles. The maximum Gasteiger partial charge on any atom is 0.413 e. The number of carbonyl (C=O) groups is 1. The third-order valence-corrected chi connectivity index (χ3v) is 3.01. The van der Waals surface area contributed by atoms with Crippen LogP contribution in [0.4, 0.5) is 15.6 Å². The van der Waals surface area contributed by atoms with Crippen molar-refractivity contribution in [3.05, 3.63) is 12.1 Å². The van der Waals surface area contributed by atoms with E-state index in [-0.39, 0.29) is 0 Å². The zero-order chi connectivity index (χ0) is 12.4. The van der Waals surface area contributed by atoms with Crippen molar-refractivity contribution in [1.82, 2.24) is 4.98 Å². The van der Waals surface area contributed by atoms with Crippen molar-refractivity contribution in [3.8, 4) is 5.75 Å². The summed E-state index contributed by atoms with van der Waals surface area (Å²) < 4.78 is 10.5. The summed E-state index contributed by atoms with van der Waals surface area (Å²) in [6, 6.07) is 3.46. The topological polar surface area (TPSA) is 86.5 Å². The van der Waals surface area contributed by atoms with Crippen molar-refractivity contribution in [2.45, 2.75) is 0 Å². The number of nitrogens with two attached hydrogens (primary N) is 1. The van der Waals surface area contributed by atoms with E-state index in [9.17, 15) is 4.79 Å². The number of ether oxygens (including phenoxy) is 2. The molecule has 0 aliphatic carbocycles. The van der Waals surface area contributed by atoms with E-state index in [1.54, 1.807) is 19.2 Å². The first kappa shape index (κ1) is 11.5. The molecule has 0 unspecified atom stereocenters. The second kappa shape index (κ2) is 4.46. The third kappa shape index (κ3) is 2.23. The van der Waals surface area contributed by atoms with Crippen molar-refractivity contribution in [1.29, 1.82) is 0 Å². The molecule has 0 aliphatic heterocycles. The van der Waals surface area contributed by atoms with Gasteiger partial charge in [-0.3, -0.25) is 5.32 Å². The number of thiazole rings is 1. The van der Waals surface area contributed by atoms with E-state index in [4.69, 9.17) is 10.5 Å². The number of benzene rings is 1. The highest BCUT2D eigenvalue weighted by molar-refractivity contribution is 7.22. The lowest BCUT2D eigenvalue weighted by molar-refractivity contribution is 0.187. The lowest BCUT2D eigenvalue weighted by Crippen LogP contribution is -2.10. The molecule has 1 amide bonds. The summed E-state index contributed by atoms with van der Waals surface area (Å²) in [5.41, 5.74) is 6.97. The molecular formula is C10H11N3O3S. The smallest absolute Gasteiger partial charge is 0.413 e. The highest BCUT2D eigenvalue weighted by atomic mass is 32.1. The van der Waals surface area contributed by atoms with Gasteiger partial charge in [0.15, 0.2) is 5.13 Å². The van der Waals surface area contributed by atoms with Gasteiger partial charge in [-0.15, -0.1) is 0 Å². The Bertz CT molecular complexity index is 567. The van der Waals surface area contributed by atoms with Gasteiger partial charge in [0.2, 0.25) is 0 Å². The fourth-order valence-corrected chi connectivity index (χ4v) is 2.28. The maximum absolute atomic E-state index is 11.1. The SMILES string of the molecule is COC(=O)Nc1nc2c(OC)cc(N)cc2s1. The lowest BCUT2D eigenvalue weighted by atomic mass is 10.3. The van der Waals surface area contributed by atoms with Crippen LogP contribution < -0.4 is 15.8 Å². The number of rotatable bonds is 2. The number of nitrogens with one attached hydrogen (secondary N) is 1. The highest BCUT2D eigenvalue weighted by Crippen LogP contribution is 2.34. The van der Waals surface area contributed by atoms with Gasteiger partial charge < -0.3 is 15.2 Å². The van der Waals surface area contributed by atoms with E-state index < -0.39 is 6.09 Å². The molecule has 0 radical (unpaired) electrons. The van der Waals surface area contributed by atoms with Gasteiger partial charge >= 0.3 is 6.09 Å². The van der Waals surface area contributed by atoms with Crippen LogP contribution in [0.15, 0.2) is 12.1 Å². The normalized spacial score (nSPS) is 10.2. The molecule has 0 bridgehead atoms. The molecule has 0 saturated heterocycles. The summed E-state index contributed by atoms with van der Waals surface area (Å²) in [5.74, 6) is 0.578. The van der Waals surface area contributed by atoms with Crippen LogP contribution in [0.2, 0.25) is 0 Å². The van der Waals surface area contributed by atoms with Crippen LogP contribution in [-0.2, 0) is 4.74 Å². The Hall–Kier alpha value is -2.02. The number of amides is 1. The predicted octanol–water partition coefficient (Wildman–Crippen LogP) is 2.07. The second-order valence-corrected chi connectivity index (χ2v) is 4.24. The summed E-state index contributed by atoms with van der Waals surface area (Å²) in [6.45, 7) is 0. The molecule has 2 rings (SSSR count). The molecule has 0 atom stereocenters. The van der Waals surface area contributed by atoms with Crippen LogP contribution in [-0.4, -0.2) is 25.3 Å². The van der Waals surface area contributed by atoms with Crippen molar-refractivity contribution in [3.63, 3.8) is 0 Å². The van der Waals surface area contributed by atoms with Crippen molar-refractivity contribution in [2.75, 3.05) is 25.3 Å². The number of hydrogen-bond acceptors (Lipinski definition) is 6. The highest BCUT2D eigenvalue weighted by Gasteiger charge is 2.11. The molecule has 0 spiro atoms. The van der Waals surface area contributed by atoms with E-state index >= 15 is 0 Å². The van der Waals surface area contributed by atoms with Gasteiger partial charge in [0.05, 0.1) is 18.9 Å². The molecule has 1 aromatic carbocycles. The van der Waals surface area contributed by atoms with Crippen LogP contribution in [0.1, 0.15) is 0 Å². The molecule has 1 heterocycles. The van der Waals surface area contributed by atoms with E-state index in [2.05, 4.69) is 15.0 Å². The van der Waals surface area contributed by atoms with Crippen molar-refractivity contribution in [2.24, 2.45) is 0 Å². The quantitative estimate of drug-likeness (QED) is 0.800. The summed E-state index contributed by atoms with van der Waals surface area (Å²) in [6.07, 6.45) is -0.559. The number of carbonyl (C=O) groups excluding carboxylic acids is 1. The Kier molecular flexibility index (Phi) is 3.01. The summed E-state index contributed by atoms with van der Waals surface area (Å²) in [4.78, 5) is 15.3. The van der Waals surface area contributed by atoms with Crippen LogP contribution in [0.5, 0.6) is 5.75 Å². The number of hydrogen-bond donors (Lipinski definition) is 2. The first-order chi connectivity index (χ1) is 8.13. The molecule has 3 N–H and O–H groups in total. The maximum atomic E-state index is 11.1. The lowest BCUT2D eigenvalue weighted by Gasteiger charge is -2.01. The van der Waals surface area contributed by atoms with Crippen LogP contribution in [0, 0.1) is 0 Å². The molecule has 0 fully saturated rings. The number of aromatic nitrogens is 1. The first-order valence-corrected chi connectivity index (χ1v) is 5.54. The van der Waals surface area contributed by atoms with E-state index in [0.29, 0.717) is 22.1 Å². The summed E-state index contributed by atoms with van der Waals surface area (Å²) >= 11 is 1.30. The largest absolute Gasteiger partial charge is 0.494 e. The fourth-order valence-electron chi connectivity index (χ4n) is 1.37. The Morgan fingerprint density at radius 2 is 2.24 bits per heavy atom. The number of methoxy groups -OCH3 is 2. The Morgan fingerprint density at radius 3 is 2.88 bits per heavy atom. The second-order valence-electron chi connectivity index (χ2n) is 3.21. The van der Waals surface area contributed by atoms with Crippen LogP contribution >= 0.6 is 11.3 Å². The van der Waals surface area contributed by atoms with E-state index in [0.717, 1.165) is 4.70 Å². The molecule has 1 aromatic heterocycles.